The van der Waals surface area contributed by atoms with Crippen LogP contribution in [0.15, 0.2) is 64.2 Å². The molecular weight excluding hydrogens is 599 g/mol. The van der Waals surface area contributed by atoms with Crippen molar-refractivity contribution in [3.63, 3.8) is 0 Å². The predicted molar refractivity (Wildman–Crippen MR) is 151 cm³/mol. The van der Waals surface area contributed by atoms with Crippen LogP contribution in [0, 0.1) is 0 Å². The topological polar surface area (TPSA) is 118 Å². The molecule has 0 aromatic heterocycles. The first-order chi connectivity index (χ1) is 18.2. The zero-order chi connectivity index (χ0) is 27.7. The molecule has 0 saturated heterocycles. The Morgan fingerprint density at radius 2 is 1.74 bits per heavy atom. The Labute approximate surface area is 237 Å². The Morgan fingerprint density at radius 3 is 2.47 bits per heavy atom. The molecule has 38 heavy (non-hydrogen) atoms. The molecule has 0 heterocycles. The molecule has 0 bridgehead atoms. The van der Waals surface area contributed by atoms with Crippen LogP contribution in [0.2, 0.25) is 10.0 Å². The average molecular weight is 622 g/mol. The van der Waals surface area contributed by atoms with Crippen LogP contribution >= 0.6 is 39.1 Å². The molecule has 0 unspecified atom stereocenters. The molecule has 0 aliphatic rings. The van der Waals surface area contributed by atoms with Crippen molar-refractivity contribution in [1.82, 2.24) is 5.43 Å². The maximum atomic E-state index is 12.4. The van der Waals surface area contributed by atoms with Gasteiger partial charge in [-0.2, -0.15) is 5.10 Å². The van der Waals surface area contributed by atoms with Gasteiger partial charge in [-0.25, -0.2) is 5.43 Å². The van der Waals surface area contributed by atoms with Crippen LogP contribution in [0.5, 0.6) is 11.5 Å². The van der Waals surface area contributed by atoms with Crippen LogP contribution in [0.25, 0.3) is 0 Å². The van der Waals surface area contributed by atoms with Crippen LogP contribution in [0.1, 0.15) is 18.1 Å². The van der Waals surface area contributed by atoms with Gasteiger partial charge >= 0.3 is 11.8 Å². The molecule has 0 aliphatic carbocycles. The van der Waals surface area contributed by atoms with Gasteiger partial charge in [-0.05, 0) is 63.8 Å². The maximum absolute atomic E-state index is 12.4. The lowest BCUT2D eigenvalue weighted by Gasteiger charge is -2.14. The van der Waals surface area contributed by atoms with Gasteiger partial charge < -0.3 is 20.1 Å². The van der Waals surface area contributed by atoms with E-state index >= 15 is 0 Å². The number of anilines is 2. The summed E-state index contributed by atoms with van der Waals surface area (Å²) in [6.45, 7) is 1.61. The first-order valence-electron chi connectivity index (χ1n) is 11.2. The third kappa shape index (κ3) is 7.70. The normalized spacial score (nSPS) is 10.7. The second-order valence-electron chi connectivity index (χ2n) is 7.64. The van der Waals surface area contributed by atoms with E-state index in [1.807, 2.05) is 19.1 Å². The third-order valence-corrected chi connectivity index (χ3v) is 6.47. The van der Waals surface area contributed by atoms with E-state index in [4.69, 9.17) is 32.7 Å². The van der Waals surface area contributed by atoms with Crippen molar-refractivity contribution in [2.45, 2.75) is 13.3 Å². The van der Waals surface area contributed by atoms with Crippen molar-refractivity contribution in [2.24, 2.45) is 5.10 Å². The summed E-state index contributed by atoms with van der Waals surface area (Å²) in [4.78, 5) is 36.7. The minimum atomic E-state index is -0.927. The number of hydrogen-bond acceptors (Lipinski definition) is 6. The number of para-hydroxylation sites is 1. The van der Waals surface area contributed by atoms with Crippen LogP contribution < -0.4 is 25.5 Å². The van der Waals surface area contributed by atoms with Gasteiger partial charge in [0.05, 0.1) is 33.5 Å². The van der Waals surface area contributed by atoms with E-state index < -0.39 is 17.7 Å². The minimum absolute atomic E-state index is 0.222. The van der Waals surface area contributed by atoms with Gasteiger partial charge in [-0.15, -0.1) is 0 Å². The number of hydrogen-bond donors (Lipinski definition) is 3. The van der Waals surface area contributed by atoms with Crippen molar-refractivity contribution in [3.8, 4) is 11.5 Å². The quantitative estimate of drug-likeness (QED) is 0.167. The molecule has 9 nitrogen and oxygen atoms in total. The summed E-state index contributed by atoms with van der Waals surface area (Å²) < 4.78 is 11.5. The van der Waals surface area contributed by atoms with E-state index in [-0.39, 0.29) is 17.4 Å². The van der Waals surface area contributed by atoms with E-state index in [2.05, 4.69) is 37.1 Å². The predicted octanol–water partition coefficient (Wildman–Crippen LogP) is 5.43. The monoisotopic (exact) mass is 620 g/mol. The SMILES string of the molecule is CCc1ccccc1NC(=O)C(=O)N/N=C\c1cc(Br)c(OCC(=O)Nc2cccc(Cl)c2Cl)c(OC)c1. The second-order valence-corrected chi connectivity index (χ2v) is 9.28. The summed E-state index contributed by atoms with van der Waals surface area (Å²) in [5.74, 6) is -1.66. The number of rotatable bonds is 9. The highest BCUT2D eigenvalue weighted by atomic mass is 79.9. The lowest BCUT2D eigenvalue weighted by molar-refractivity contribution is -0.136. The summed E-state index contributed by atoms with van der Waals surface area (Å²) in [6.07, 6.45) is 2.03. The lowest BCUT2D eigenvalue weighted by atomic mass is 10.1. The molecule has 12 heteroatoms. The Kier molecular flexibility index (Phi) is 10.5. The summed E-state index contributed by atoms with van der Waals surface area (Å²) in [5, 5.41) is 9.57. The Bertz CT molecular complexity index is 1380. The van der Waals surface area contributed by atoms with Crippen molar-refractivity contribution >= 4 is 74.4 Å². The van der Waals surface area contributed by atoms with E-state index in [0.29, 0.717) is 38.6 Å². The first-order valence-corrected chi connectivity index (χ1v) is 12.7. The molecule has 0 spiro atoms. The van der Waals surface area contributed by atoms with Crippen LogP contribution in [-0.4, -0.2) is 37.7 Å². The third-order valence-electron chi connectivity index (χ3n) is 5.06. The number of halogens is 3. The largest absolute Gasteiger partial charge is 0.493 e. The molecular formula is C26H23BrCl2N4O5. The van der Waals surface area contributed by atoms with Crippen molar-refractivity contribution < 1.29 is 23.9 Å². The molecule has 3 aromatic carbocycles. The average Bonchev–Trinajstić information content (AvgIpc) is 2.90. The Morgan fingerprint density at radius 1 is 1.00 bits per heavy atom. The zero-order valence-corrected chi connectivity index (χ0v) is 23.4. The number of ether oxygens (including phenoxy) is 2. The second kappa shape index (κ2) is 13.8. The minimum Gasteiger partial charge on any atom is -0.493 e. The number of amides is 3. The molecule has 3 N–H and O–H groups in total. The van der Waals surface area contributed by atoms with Crippen molar-refractivity contribution in [2.75, 3.05) is 24.4 Å². The number of methoxy groups -OCH3 is 1. The highest BCUT2D eigenvalue weighted by Gasteiger charge is 2.16. The van der Waals surface area contributed by atoms with Crippen LogP contribution in [0.3, 0.4) is 0 Å². The maximum Gasteiger partial charge on any atom is 0.329 e. The standard InChI is InChI=1S/C26H23BrCl2N4O5/c1-3-16-7-4-5-9-19(16)32-25(35)26(36)33-30-13-15-11-17(27)24(21(12-15)37-2)38-14-22(34)31-20-10-6-8-18(28)23(20)29/h4-13H,3,14H2,1-2H3,(H,31,34)(H,32,35)(H,33,36)/b30-13-. The molecule has 0 radical (unpaired) electrons. The van der Waals surface area contributed by atoms with Gasteiger partial charge in [0.1, 0.15) is 0 Å². The molecule has 0 aliphatic heterocycles. The molecule has 3 rings (SSSR count). The van der Waals surface area contributed by atoms with Crippen LogP contribution in [0.4, 0.5) is 11.4 Å². The molecule has 0 fully saturated rings. The zero-order valence-electron chi connectivity index (χ0n) is 20.3. The Hall–Kier alpha value is -3.60. The highest BCUT2D eigenvalue weighted by Crippen LogP contribution is 2.36. The van der Waals surface area contributed by atoms with Gasteiger partial charge in [0.2, 0.25) is 0 Å². The smallest absolute Gasteiger partial charge is 0.329 e. The van der Waals surface area contributed by atoms with Crippen LogP contribution in [-0.2, 0) is 20.8 Å². The summed E-state index contributed by atoms with van der Waals surface area (Å²) in [6, 6.07) is 15.3. The molecule has 0 saturated carbocycles. The van der Waals surface area contributed by atoms with E-state index in [0.717, 1.165) is 5.56 Å². The summed E-state index contributed by atoms with van der Waals surface area (Å²) >= 11 is 15.4. The first kappa shape index (κ1) is 29.0. The number of carbonyl (C=O) groups is 3. The molecule has 3 aromatic rings. The number of nitrogens with one attached hydrogen (secondary N) is 3. The highest BCUT2D eigenvalue weighted by molar-refractivity contribution is 9.10. The number of benzene rings is 3. The van der Waals surface area contributed by atoms with Crippen molar-refractivity contribution in [3.05, 3.63) is 80.2 Å². The molecule has 0 atom stereocenters. The van der Waals surface area contributed by atoms with Gasteiger partial charge in [-0.1, -0.05) is 54.4 Å². The van der Waals surface area contributed by atoms with E-state index in [1.165, 1.54) is 13.3 Å². The fraction of sp³-hybridized carbons (Fsp3) is 0.154. The Balaban J connectivity index is 1.60. The number of hydrazone groups is 1. The number of aryl methyl sites for hydroxylation is 1. The van der Waals surface area contributed by atoms with Gasteiger partial charge in [0, 0.05) is 5.69 Å². The summed E-state index contributed by atoms with van der Waals surface area (Å²) in [7, 11) is 1.43. The number of nitrogens with zero attached hydrogens (tertiary/aromatic N) is 1. The van der Waals surface area contributed by atoms with Gasteiger partial charge in [0.25, 0.3) is 5.91 Å². The summed E-state index contributed by atoms with van der Waals surface area (Å²) in [5.41, 5.74) is 4.54. The van der Waals surface area contributed by atoms with E-state index in [1.54, 1.807) is 42.5 Å². The van der Waals surface area contributed by atoms with E-state index in [9.17, 15) is 14.4 Å². The van der Waals surface area contributed by atoms with Crippen molar-refractivity contribution in [1.29, 1.82) is 0 Å². The fourth-order valence-electron chi connectivity index (χ4n) is 3.22. The molecule has 3 amide bonds. The van der Waals surface area contributed by atoms with Gasteiger partial charge in [-0.3, -0.25) is 14.4 Å². The van der Waals surface area contributed by atoms with Gasteiger partial charge in [0.15, 0.2) is 18.1 Å². The number of carbonyl (C=O) groups excluding carboxylic acids is 3. The fourth-order valence-corrected chi connectivity index (χ4v) is 4.15. The lowest BCUT2D eigenvalue weighted by Crippen LogP contribution is -2.32. The molecule has 198 valence electrons.